The molecule has 0 bridgehead atoms. The number of benzene rings is 1. The highest BCUT2D eigenvalue weighted by Gasteiger charge is 2.43. The molecular formula is C24H20IN5O3. The lowest BCUT2D eigenvalue weighted by Crippen LogP contribution is -2.32. The van der Waals surface area contributed by atoms with Crippen LogP contribution in [0.25, 0.3) is 34.0 Å². The van der Waals surface area contributed by atoms with Gasteiger partial charge < -0.3 is 14.2 Å². The fraction of sp³-hybridized carbons (Fsp3) is 0.250. The van der Waals surface area contributed by atoms with Crippen molar-refractivity contribution in [2.24, 2.45) is 0 Å². The molecule has 33 heavy (non-hydrogen) atoms. The Balaban J connectivity index is 1.14. The van der Waals surface area contributed by atoms with Gasteiger partial charge in [-0.3, -0.25) is 10.1 Å². The second kappa shape index (κ2) is 8.81. The zero-order valence-corrected chi connectivity index (χ0v) is 19.7. The number of H-pyrrole nitrogens is 1. The molecule has 0 radical (unpaired) electrons. The van der Waals surface area contributed by atoms with Gasteiger partial charge in [0.15, 0.2) is 17.8 Å². The number of fused-ring (bicyclic) bond motifs is 1. The SMILES string of the molecule is Ic1ccc(-c2nc(-c3ccc(-c4ccc(O[C@H]5CO[C@@H]6CCO[C@H]56)nc4)nc3)n[nH]2)cc1. The van der Waals surface area contributed by atoms with Gasteiger partial charge in [-0.15, -0.1) is 0 Å². The topological polar surface area (TPSA) is 95.0 Å². The summed E-state index contributed by atoms with van der Waals surface area (Å²) in [4.78, 5) is 13.6. The van der Waals surface area contributed by atoms with Crippen LogP contribution >= 0.6 is 22.6 Å². The van der Waals surface area contributed by atoms with Gasteiger partial charge in [-0.25, -0.2) is 9.97 Å². The molecule has 0 saturated carbocycles. The second-order valence-corrected chi connectivity index (χ2v) is 9.23. The van der Waals surface area contributed by atoms with Crippen LogP contribution in [0.5, 0.6) is 5.88 Å². The van der Waals surface area contributed by atoms with Gasteiger partial charge in [0.2, 0.25) is 5.88 Å². The highest BCUT2D eigenvalue weighted by atomic mass is 127. The van der Waals surface area contributed by atoms with Gasteiger partial charge in [0.1, 0.15) is 6.10 Å². The maximum atomic E-state index is 6.00. The summed E-state index contributed by atoms with van der Waals surface area (Å²) in [7, 11) is 0. The molecule has 6 rings (SSSR count). The van der Waals surface area contributed by atoms with Crippen molar-refractivity contribution in [3.8, 4) is 39.9 Å². The minimum atomic E-state index is -0.112. The maximum absolute atomic E-state index is 6.00. The third kappa shape index (κ3) is 4.23. The number of pyridine rings is 2. The third-order valence-corrected chi connectivity index (χ3v) is 6.57. The summed E-state index contributed by atoms with van der Waals surface area (Å²) in [5.74, 6) is 1.90. The van der Waals surface area contributed by atoms with Gasteiger partial charge in [-0.2, -0.15) is 5.10 Å². The number of nitrogens with one attached hydrogen (secondary N) is 1. The summed E-state index contributed by atoms with van der Waals surface area (Å²) < 4.78 is 18.6. The van der Waals surface area contributed by atoms with E-state index in [-0.39, 0.29) is 18.3 Å². The zero-order valence-electron chi connectivity index (χ0n) is 17.5. The van der Waals surface area contributed by atoms with Gasteiger partial charge in [-0.1, -0.05) is 12.1 Å². The molecule has 166 valence electrons. The quantitative estimate of drug-likeness (QED) is 0.372. The fourth-order valence-electron chi connectivity index (χ4n) is 4.11. The number of nitrogens with zero attached hydrogens (tertiary/aromatic N) is 4. The highest BCUT2D eigenvalue weighted by Crippen LogP contribution is 2.29. The Kier molecular flexibility index (Phi) is 5.52. The van der Waals surface area contributed by atoms with E-state index in [1.807, 2.05) is 48.5 Å². The molecule has 2 aliphatic rings. The normalized spacial score (nSPS) is 21.8. The average Bonchev–Trinajstić information content (AvgIpc) is 3.59. The van der Waals surface area contributed by atoms with Crippen molar-refractivity contribution in [3.05, 3.63) is 64.5 Å². The fourth-order valence-corrected chi connectivity index (χ4v) is 4.47. The first-order chi connectivity index (χ1) is 16.2. The second-order valence-electron chi connectivity index (χ2n) is 7.98. The Morgan fingerprint density at radius 1 is 0.909 bits per heavy atom. The van der Waals surface area contributed by atoms with E-state index < -0.39 is 0 Å². The van der Waals surface area contributed by atoms with Gasteiger partial charge in [0.05, 0.1) is 18.4 Å². The van der Waals surface area contributed by atoms with E-state index in [9.17, 15) is 0 Å². The van der Waals surface area contributed by atoms with Crippen molar-refractivity contribution >= 4 is 22.6 Å². The number of rotatable bonds is 5. The van der Waals surface area contributed by atoms with E-state index >= 15 is 0 Å². The summed E-state index contributed by atoms with van der Waals surface area (Å²) >= 11 is 2.28. The van der Waals surface area contributed by atoms with Crippen molar-refractivity contribution in [2.45, 2.75) is 24.7 Å². The number of hydrogen-bond acceptors (Lipinski definition) is 7. The molecule has 2 fully saturated rings. The molecule has 2 saturated heterocycles. The van der Waals surface area contributed by atoms with Crippen molar-refractivity contribution in [3.63, 3.8) is 0 Å². The van der Waals surface area contributed by atoms with Crippen molar-refractivity contribution in [1.29, 1.82) is 0 Å². The lowest BCUT2D eigenvalue weighted by atomic mass is 10.1. The Bertz CT molecular complexity index is 1240. The van der Waals surface area contributed by atoms with Crippen LogP contribution in [0.15, 0.2) is 60.9 Å². The van der Waals surface area contributed by atoms with Gasteiger partial charge in [0.25, 0.3) is 0 Å². The highest BCUT2D eigenvalue weighted by molar-refractivity contribution is 14.1. The van der Waals surface area contributed by atoms with Gasteiger partial charge in [-0.05, 0) is 59.3 Å². The summed E-state index contributed by atoms with van der Waals surface area (Å²) in [5, 5.41) is 7.35. The van der Waals surface area contributed by atoms with Gasteiger partial charge in [0, 0.05) is 45.3 Å². The van der Waals surface area contributed by atoms with E-state index in [1.54, 1.807) is 12.4 Å². The largest absolute Gasteiger partial charge is 0.469 e. The molecule has 5 heterocycles. The van der Waals surface area contributed by atoms with Crippen molar-refractivity contribution in [1.82, 2.24) is 25.1 Å². The Morgan fingerprint density at radius 3 is 2.52 bits per heavy atom. The van der Waals surface area contributed by atoms with E-state index in [4.69, 9.17) is 14.2 Å². The van der Waals surface area contributed by atoms with Crippen LogP contribution in [0.3, 0.4) is 0 Å². The molecular weight excluding hydrogens is 533 g/mol. The first-order valence-corrected chi connectivity index (χ1v) is 11.8. The van der Waals surface area contributed by atoms with E-state index in [1.165, 1.54) is 3.57 Å². The summed E-state index contributed by atoms with van der Waals surface area (Å²) in [6.07, 6.45) is 4.50. The molecule has 3 atom stereocenters. The monoisotopic (exact) mass is 553 g/mol. The summed E-state index contributed by atoms with van der Waals surface area (Å²) in [6.45, 7) is 1.26. The van der Waals surface area contributed by atoms with Crippen LogP contribution in [0.1, 0.15) is 6.42 Å². The number of ether oxygens (including phenoxy) is 3. The van der Waals surface area contributed by atoms with Crippen LogP contribution in [-0.2, 0) is 9.47 Å². The number of aromatic nitrogens is 5. The van der Waals surface area contributed by atoms with Crippen molar-refractivity contribution in [2.75, 3.05) is 13.2 Å². The molecule has 9 heteroatoms. The van der Waals surface area contributed by atoms with Crippen LogP contribution < -0.4 is 4.74 Å². The van der Waals surface area contributed by atoms with Crippen LogP contribution in [0.2, 0.25) is 0 Å². The number of halogens is 1. The summed E-state index contributed by atoms with van der Waals surface area (Å²) in [6, 6.07) is 15.8. The molecule has 3 aromatic heterocycles. The van der Waals surface area contributed by atoms with Crippen LogP contribution in [-0.4, -0.2) is 56.7 Å². The first-order valence-electron chi connectivity index (χ1n) is 10.7. The smallest absolute Gasteiger partial charge is 0.213 e. The minimum Gasteiger partial charge on any atom is -0.469 e. The molecule has 2 aliphatic heterocycles. The zero-order chi connectivity index (χ0) is 22.2. The molecule has 0 unspecified atom stereocenters. The molecule has 0 amide bonds. The minimum absolute atomic E-state index is 0.00232. The predicted molar refractivity (Wildman–Crippen MR) is 130 cm³/mol. The Hall–Kier alpha value is -2.89. The van der Waals surface area contributed by atoms with Crippen molar-refractivity contribution < 1.29 is 14.2 Å². The standard InChI is InChI=1S/C24H20IN5O3/c25-17-5-1-14(2-6-17)23-28-24(30-29-23)16-3-7-18(26-12-16)15-4-8-21(27-11-15)33-20-13-32-19-9-10-31-22(19)20/h1-8,11-12,19-20,22H,9-10,13H2,(H,28,29,30)/t19-,20+,22+/m1/s1. The lowest BCUT2D eigenvalue weighted by molar-refractivity contribution is 0.0289. The maximum Gasteiger partial charge on any atom is 0.213 e. The molecule has 1 aromatic carbocycles. The molecule has 4 aromatic rings. The van der Waals surface area contributed by atoms with E-state index in [0.29, 0.717) is 18.3 Å². The average molecular weight is 553 g/mol. The number of aromatic amines is 1. The van der Waals surface area contributed by atoms with E-state index in [0.717, 1.165) is 41.2 Å². The molecule has 1 N–H and O–H groups in total. The first kappa shape index (κ1) is 20.7. The van der Waals surface area contributed by atoms with Gasteiger partial charge >= 0.3 is 0 Å². The summed E-state index contributed by atoms with van der Waals surface area (Å²) in [5.41, 5.74) is 3.55. The molecule has 0 spiro atoms. The third-order valence-electron chi connectivity index (χ3n) is 5.85. The molecule has 0 aliphatic carbocycles. The molecule has 8 nitrogen and oxygen atoms in total. The lowest BCUT2D eigenvalue weighted by Gasteiger charge is -2.17. The Morgan fingerprint density at radius 2 is 1.73 bits per heavy atom. The predicted octanol–water partition coefficient (Wildman–Crippen LogP) is 4.14. The van der Waals surface area contributed by atoms with Crippen LogP contribution in [0, 0.1) is 3.57 Å². The van der Waals surface area contributed by atoms with Crippen LogP contribution in [0.4, 0.5) is 0 Å². The van der Waals surface area contributed by atoms with E-state index in [2.05, 4.69) is 47.7 Å². The number of hydrogen-bond donors (Lipinski definition) is 1. The Labute approximate surface area is 203 Å².